The topological polar surface area (TPSA) is 29.3 Å². The number of nitrogens with two attached hydrogens (primary N) is 1. The molecule has 1 aromatic carbocycles. The van der Waals surface area contributed by atoms with Crippen LogP contribution < -0.4 is 10.6 Å². The van der Waals surface area contributed by atoms with Crippen molar-refractivity contribution in [3.63, 3.8) is 0 Å². The average molecular weight is 232 g/mol. The van der Waals surface area contributed by atoms with Gasteiger partial charge in [-0.1, -0.05) is 19.9 Å². The molecule has 0 amide bonds. The van der Waals surface area contributed by atoms with Crippen LogP contribution in [-0.2, 0) is 0 Å². The van der Waals surface area contributed by atoms with Crippen molar-refractivity contribution in [2.24, 2.45) is 11.8 Å². The van der Waals surface area contributed by atoms with Crippen LogP contribution in [0.2, 0.25) is 0 Å². The molecule has 1 aliphatic rings. The second kappa shape index (κ2) is 4.99. The van der Waals surface area contributed by atoms with Crippen molar-refractivity contribution in [1.29, 1.82) is 0 Å². The number of nitrogen functional groups attached to an aromatic ring is 1. The lowest BCUT2D eigenvalue weighted by Crippen LogP contribution is -2.35. The van der Waals surface area contributed by atoms with E-state index in [1.165, 1.54) is 37.2 Å². The molecular formula is C15H24N2. The standard InChI is InChI=1S/C15H24N2/c1-11(2)13-6-8-17(9-7-13)15-10-14(16)5-4-12(15)3/h4-5,10-11,13H,6-9,16H2,1-3H3. The van der Waals surface area contributed by atoms with Crippen LogP contribution in [0.5, 0.6) is 0 Å². The lowest BCUT2D eigenvalue weighted by molar-refractivity contribution is 0.311. The van der Waals surface area contributed by atoms with Gasteiger partial charge in [0.2, 0.25) is 0 Å². The molecule has 0 radical (unpaired) electrons. The van der Waals surface area contributed by atoms with Gasteiger partial charge in [0, 0.05) is 24.5 Å². The summed E-state index contributed by atoms with van der Waals surface area (Å²) >= 11 is 0. The Kier molecular flexibility index (Phi) is 3.60. The van der Waals surface area contributed by atoms with Crippen molar-refractivity contribution in [3.05, 3.63) is 23.8 Å². The zero-order chi connectivity index (χ0) is 12.4. The number of nitrogens with zero attached hydrogens (tertiary/aromatic N) is 1. The molecule has 1 aliphatic heterocycles. The first-order chi connectivity index (χ1) is 8.08. The number of hydrogen-bond acceptors (Lipinski definition) is 2. The van der Waals surface area contributed by atoms with Crippen LogP contribution in [0.3, 0.4) is 0 Å². The van der Waals surface area contributed by atoms with Gasteiger partial charge in [-0.05, 0) is 49.3 Å². The quantitative estimate of drug-likeness (QED) is 0.791. The summed E-state index contributed by atoms with van der Waals surface area (Å²) in [6.07, 6.45) is 2.62. The molecule has 0 aromatic heterocycles. The van der Waals surface area contributed by atoms with Crippen LogP contribution in [0, 0.1) is 18.8 Å². The fourth-order valence-electron chi connectivity index (χ4n) is 2.77. The maximum Gasteiger partial charge on any atom is 0.0416 e. The van der Waals surface area contributed by atoms with Gasteiger partial charge < -0.3 is 10.6 Å². The van der Waals surface area contributed by atoms with E-state index in [4.69, 9.17) is 5.73 Å². The van der Waals surface area contributed by atoms with Crippen LogP contribution in [-0.4, -0.2) is 13.1 Å². The van der Waals surface area contributed by atoms with Crippen LogP contribution >= 0.6 is 0 Å². The minimum absolute atomic E-state index is 0.819. The van der Waals surface area contributed by atoms with Crippen molar-refractivity contribution in [3.8, 4) is 0 Å². The summed E-state index contributed by atoms with van der Waals surface area (Å²) in [4.78, 5) is 2.49. The van der Waals surface area contributed by atoms with E-state index < -0.39 is 0 Å². The molecule has 1 fully saturated rings. The van der Waals surface area contributed by atoms with E-state index >= 15 is 0 Å². The first-order valence-electron chi connectivity index (χ1n) is 6.69. The molecule has 0 unspecified atom stereocenters. The second-order valence-corrected chi connectivity index (χ2v) is 5.61. The highest BCUT2D eigenvalue weighted by Crippen LogP contribution is 2.30. The third-order valence-electron chi connectivity index (χ3n) is 4.06. The van der Waals surface area contributed by atoms with E-state index in [1.54, 1.807) is 0 Å². The summed E-state index contributed by atoms with van der Waals surface area (Å²) in [5, 5.41) is 0. The second-order valence-electron chi connectivity index (χ2n) is 5.61. The van der Waals surface area contributed by atoms with Gasteiger partial charge in [0.25, 0.3) is 0 Å². The molecule has 17 heavy (non-hydrogen) atoms. The number of hydrogen-bond donors (Lipinski definition) is 1. The van der Waals surface area contributed by atoms with E-state index in [-0.39, 0.29) is 0 Å². The van der Waals surface area contributed by atoms with Crippen molar-refractivity contribution >= 4 is 11.4 Å². The SMILES string of the molecule is Cc1ccc(N)cc1N1CCC(C(C)C)CC1. The zero-order valence-corrected chi connectivity index (χ0v) is 11.2. The van der Waals surface area contributed by atoms with Gasteiger partial charge in [0.05, 0.1) is 0 Å². The molecule has 0 bridgehead atoms. The Bertz CT molecular complexity index is 377. The summed E-state index contributed by atoms with van der Waals surface area (Å²) in [5.41, 5.74) is 9.42. The molecule has 0 saturated carbocycles. The van der Waals surface area contributed by atoms with Crippen LogP contribution in [0.25, 0.3) is 0 Å². The smallest absolute Gasteiger partial charge is 0.0416 e. The average Bonchev–Trinajstić information content (AvgIpc) is 2.32. The van der Waals surface area contributed by atoms with Gasteiger partial charge in [0.1, 0.15) is 0 Å². The number of piperidine rings is 1. The molecule has 0 spiro atoms. The fraction of sp³-hybridized carbons (Fsp3) is 0.600. The molecule has 2 rings (SSSR count). The lowest BCUT2D eigenvalue weighted by atomic mass is 9.86. The highest BCUT2D eigenvalue weighted by Gasteiger charge is 2.22. The van der Waals surface area contributed by atoms with E-state index in [2.05, 4.69) is 37.8 Å². The maximum atomic E-state index is 5.88. The van der Waals surface area contributed by atoms with Crippen molar-refractivity contribution in [1.82, 2.24) is 0 Å². The highest BCUT2D eigenvalue weighted by molar-refractivity contribution is 5.61. The maximum absolute atomic E-state index is 5.88. The molecule has 94 valence electrons. The summed E-state index contributed by atoms with van der Waals surface area (Å²) in [5.74, 6) is 1.71. The van der Waals surface area contributed by atoms with Crippen molar-refractivity contribution in [2.45, 2.75) is 33.6 Å². The molecule has 1 aromatic rings. The summed E-state index contributed by atoms with van der Waals surface area (Å²) < 4.78 is 0. The Morgan fingerprint density at radius 2 is 1.88 bits per heavy atom. The van der Waals surface area contributed by atoms with Gasteiger partial charge >= 0.3 is 0 Å². The summed E-state index contributed by atoms with van der Waals surface area (Å²) in [6, 6.07) is 6.23. The number of benzene rings is 1. The highest BCUT2D eigenvalue weighted by atomic mass is 15.1. The number of aryl methyl sites for hydroxylation is 1. The Hall–Kier alpha value is -1.18. The Labute approximate surface area is 105 Å². The van der Waals surface area contributed by atoms with Gasteiger partial charge in [-0.25, -0.2) is 0 Å². The van der Waals surface area contributed by atoms with E-state index in [0.29, 0.717) is 0 Å². The summed E-state index contributed by atoms with van der Waals surface area (Å²) in [6.45, 7) is 9.20. The molecule has 1 heterocycles. The predicted molar refractivity (Wildman–Crippen MR) is 75.4 cm³/mol. The van der Waals surface area contributed by atoms with Crippen molar-refractivity contribution in [2.75, 3.05) is 23.7 Å². The first kappa shape index (κ1) is 12.3. The monoisotopic (exact) mass is 232 g/mol. The van der Waals surface area contributed by atoms with E-state index in [1.807, 2.05) is 6.07 Å². The van der Waals surface area contributed by atoms with Crippen LogP contribution in [0.15, 0.2) is 18.2 Å². The minimum Gasteiger partial charge on any atom is -0.399 e. The van der Waals surface area contributed by atoms with Gasteiger partial charge in [-0.3, -0.25) is 0 Å². The number of rotatable bonds is 2. The lowest BCUT2D eigenvalue weighted by Gasteiger charge is -2.36. The molecule has 0 atom stereocenters. The Balaban J connectivity index is 2.07. The van der Waals surface area contributed by atoms with Crippen LogP contribution in [0.1, 0.15) is 32.3 Å². The first-order valence-corrected chi connectivity index (χ1v) is 6.69. The van der Waals surface area contributed by atoms with Gasteiger partial charge in [-0.15, -0.1) is 0 Å². The molecule has 0 aliphatic carbocycles. The molecule has 2 nitrogen and oxygen atoms in total. The zero-order valence-electron chi connectivity index (χ0n) is 11.2. The predicted octanol–water partition coefficient (Wildman–Crippen LogP) is 3.45. The molecule has 2 N–H and O–H groups in total. The summed E-state index contributed by atoms with van der Waals surface area (Å²) in [7, 11) is 0. The third-order valence-corrected chi connectivity index (χ3v) is 4.06. The third kappa shape index (κ3) is 2.74. The minimum atomic E-state index is 0.819. The van der Waals surface area contributed by atoms with Crippen molar-refractivity contribution < 1.29 is 0 Å². The van der Waals surface area contributed by atoms with Crippen LogP contribution in [0.4, 0.5) is 11.4 Å². The Morgan fingerprint density at radius 3 is 2.47 bits per heavy atom. The largest absolute Gasteiger partial charge is 0.399 e. The molecule has 1 saturated heterocycles. The Morgan fingerprint density at radius 1 is 1.24 bits per heavy atom. The van der Waals surface area contributed by atoms with Gasteiger partial charge in [0.15, 0.2) is 0 Å². The molecular weight excluding hydrogens is 208 g/mol. The van der Waals surface area contributed by atoms with E-state index in [9.17, 15) is 0 Å². The normalized spacial score (nSPS) is 17.8. The fourth-order valence-corrected chi connectivity index (χ4v) is 2.77. The number of anilines is 2. The van der Waals surface area contributed by atoms with Gasteiger partial charge in [-0.2, -0.15) is 0 Å². The van der Waals surface area contributed by atoms with E-state index in [0.717, 1.165) is 17.5 Å². The molecule has 2 heteroatoms.